The molecule has 0 spiro atoms. The zero-order valence-electron chi connectivity index (χ0n) is 38.5. The van der Waals surface area contributed by atoms with E-state index in [2.05, 4.69) is 31.3 Å². The number of carbonyl (C=O) groups is 1. The number of hydrogen-bond donors (Lipinski definition) is 8. The number of aliphatic hydroxyl groups is 7. The Balaban J connectivity index is 2.12. The molecule has 0 aliphatic carbocycles. The van der Waals surface area contributed by atoms with Crippen LogP contribution in [0.4, 0.5) is 0 Å². The fraction of sp³-hybridized carbons (Fsp3) is 0.939. The van der Waals surface area contributed by atoms with Gasteiger partial charge >= 0.3 is 0 Å². The molecule has 11 heteroatoms. The van der Waals surface area contributed by atoms with Crippen LogP contribution in [0.25, 0.3) is 0 Å². The molecule has 60 heavy (non-hydrogen) atoms. The number of hydrogen-bond acceptors (Lipinski definition) is 10. The third-order valence-corrected chi connectivity index (χ3v) is 12.3. The molecule has 0 aromatic carbocycles. The molecule has 0 bridgehead atoms. The van der Waals surface area contributed by atoms with Gasteiger partial charge < -0.3 is 50.5 Å². The normalized spacial score (nSPS) is 21.6. The second-order valence-corrected chi connectivity index (χ2v) is 17.9. The van der Waals surface area contributed by atoms with Crippen molar-refractivity contribution in [1.82, 2.24) is 5.32 Å². The van der Waals surface area contributed by atoms with Gasteiger partial charge in [0.15, 0.2) is 6.29 Å². The van der Waals surface area contributed by atoms with Crippen molar-refractivity contribution in [3.63, 3.8) is 0 Å². The first-order valence-electron chi connectivity index (χ1n) is 25.1. The molecular formula is C49H95NO10. The number of amides is 1. The lowest BCUT2D eigenvalue weighted by molar-refractivity contribution is -0.303. The highest BCUT2D eigenvalue weighted by molar-refractivity contribution is 5.80. The van der Waals surface area contributed by atoms with Crippen molar-refractivity contribution in [3.05, 3.63) is 12.2 Å². The Morgan fingerprint density at radius 1 is 0.567 bits per heavy atom. The van der Waals surface area contributed by atoms with Crippen molar-refractivity contribution in [3.8, 4) is 0 Å². The molecule has 1 aliphatic heterocycles. The molecule has 8 N–H and O–H groups in total. The summed E-state index contributed by atoms with van der Waals surface area (Å²) in [5.41, 5.74) is 0. The summed E-state index contributed by atoms with van der Waals surface area (Å²) in [6.45, 7) is 3.30. The van der Waals surface area contributed by atoms with E-state index in [1.165, 1.54) is 148 Å². The van der Waals surface area contributed by atoms with Gasteiger partial charge in [0.25, 0.3) is 0 Å². The SMILES string of the molecule is CCCCCCCCCCCCCC/C=C\CCCCCCCCCCCCCCCC(O)C(=O)NC(COC1OC(CO)C(O)C(O)C1O)C(O)C(O)CCCCCC. The minimum absolute atomic E-state index is 0.261. The number of rotatable bonds is 42. The van der Waals surface area contributed by atoms with Gasteiger partial charge in [-0.1, -0.05) is 199 Å². The summed E-state index contributed by atoms with van der Waals surface area (Å²) in [7, 11) is 0. The summed E-state index contributed by atoms with van der Waals surface area (Å²) in [4.78, 5) is 13.0. The van der Waals surface area contributed by atoms with Crippen molar-refractivity contribution in [2.24, 2.45) is 0 Å². The van der Waals surface area contributed by atoms with Gasteiger partial charge in [0.2, 0.25) is 5.91 Å². The highest BCUT2D eigenvalue weighted by Crippen LogP contribution is 2.23. The van der Waals surface area contributed by atoms with Crippen LogP contribution >= 0.6 is 0 Å². The minimum Gasteiger partial charge on any atom is -0.394 e. The molecule has 0 radical (unpaired) electrons. The van der Waals surface area contributed by atoms with E-state index >= 15 is 0 Å². The molecule has 1 amide bonds. The molecule has 9 unspecified atom stereocenters. The second-order valence-electron chi connectivity index (χ2n) is 17.9. The zero-order chi connectivity index (χ0) is 44.1. The van der Waals surface area contributed by atoms with Crippen LogP contribution in [0, 0.1) is 0 Å². The van der Waals surface area contributed by atoms with Crippen LogP contribution in [0.5, 0.6) is 0 Å². The lowest BCUT2D eigenvalue weighted by atomic mass is 9.98. The fourth-order valence-corrected chi connectivity index (χ4v) is 8.14. The van der Waals surface area contributed by atoms with Crippen molar-refractivity contribution in [1.29, 1.82) is 0 Å². The van der Waals surface area contributed by atoms with E-state index in [1.807, 2.05) is 0 Å². The van der Waals surface area contributed by atoms with E-state index in [1.54, 1.807) is 0 Å². The Bertz CT molecular complexity index is 986. The van der Waals surface area contributed by atoms with Gasteiger partial charge in [-0.05, 0) is 38.5 Å². The van der Waals surface area contributed by atoms with Gasteiger partial charge in [-0.3, -0.25) is 4.79 Å². The predicted octanol–water partition coefficient (Wildman–Crippen LogP) is 8.84. The van der Waals surface area contributed by atoms with Crippen LogP contribution in [0.2, 0.25) is 0 Å². The summed E-state index contributed by atoms with van der Waals surface area (Å²) >= 11 is 0. The largest absolute Gasteiger partial charge is 0.394 e. The fourth-order valence-electron chi connectivity index (χ4n) is 8.14. The first kappa shape index (κ1) is 56.9. The average Bonchev–Trinajstić information content (AvgIpc) is 3.25. The van der Waals surface area contributed by atoms with E-state index < -0.39 is 74.2 Å². The van der Waals surface area contributed by atoms with E-state index in [9.17, 15) is 40.5 Å². The lowest BCUT2D eigenvalue weighted by Crippen LogP contribution is -2.60. The maximum atomic E-state index is 13.0. The first-order chi connectivity index (χ1) is 29.2. The zero-order valence-corrected chi connectivity index (χ0v) is 38.5. The molecule has 0 aromatic rings. The maximum absolute atomic E-state index is 13.0. The number of allylic oxidation sites excluding steroid dienone is 2. The molecule has 0 saturated carbocycles. The molecule has 1 heterocycles. The van der Waals surface area contributed by atoms with E-state index in [0.29, 0.717) is 19.3 Å². The summed E-state index contributed by atoms with van der Waals surface area (Å²) in [6.07, 6.45) is 32.3. The Hall–Kier alpha value is -1.15. The monoisotopic (exact) mass is 858 g/mol. The number of aliphatic hydroxyl groups excluding tert-OH is 7. The van der Waals surface area contributed by atoms with Gasteiger partial charge in [0.1, 0.15) is 36.6 Å². The predicted molar refractivity (Wildman–Crippen MR) is 243 cm³/mol. The van der Waals surface area contributed by atoms with E-state index in [0.717, 1.165) is 38.5 Å². The highest BCUT2D eigenvalue weighted by atomic mass is 16.7. The molecule has 0 aromatic heterocycles. The van der Waals surface area contributed by atoms with Crippen LogP contribution < -0.4 is 5.32 Å². The summed E-state index contributed by atoms with van der Waals surface area (Å²) in [6, 6.07) is -1.16. The molecule has 356 valence electrons. The van der Waals surface area contributed by atoms with E-state index in [-0.39, 0.29) is 6.42 Å². The van der Waals surface area contributed by atoms with Gasteiger partial charge in [0, 0.05) is 0 Å². The Kier molecular flexibility index (Phi) is 37.4. The van der Waals surface area contributed by atoms with Crippen LogP contribution in [-0.4, -0.2) is 110 Å². The molecule has 11 nitrogen and oxygen atoms in total. The summed E-state index contributed by atoms with van der Waals surface area (Å²) in [5.74, 6) is -0.702. The first-order valence-corrected chi connectivity index (χ1v) is 25.1. The quantitative estimate of drug-likeness (QED) is 0.0218. The van der Waals surface area contributed by atoms with Gasteiger partial charge in [-0.2, -0.15) is 0 Å². The highest BCUT2D eigenvalue weighted by Gasteiger charge is 2.44. The van der Waals surface area contributed by atoms with Crippen LogP contribution in [0.15, 0.2) is 12.2 Å². The summed E-state index contributed by atoms with van der Waals surface area (Å²) < 4.78 is 11.0. The minimum atomic E-state index is -1.66. The topological polar surface area (TPSA) is 189 Å². The van der Waals surface area contributed by atoms with Gasteiger partial charge in [-0.25, -0.2) is 0 Å². The number of carbonyl (C=O) groups excluding carboxylic acids is 1. The molecule has 1 saturated heterocycles. The van der Waals surface area contributed by atoms with Crippen molar-refractivity contribution in [2.45, 2.75) is 281 Å². The Morgan fingerprint density at radius 3 is 1.42 bits per heavy atom. The number of unbranched alkanes of at least 4 members (excludes halogenated alkanes) is 28. The Labute approximate surface area is 366 Å². The third kappa shape index (κ3) is 28.5. The standard InChI is InChI=1S/C49H95NO10/c1-3-5-7-9-10-11-12-13-14-15-16-17-18-19-20-21-22-23-24-25-26-27-28-29-30-31-32-33-35-37-42(53)48(58)50-40(44(54)41(52)36-34-8-6-4-2)39-59-49-47(57)46(56)45(55)43(38-51)60-49/h19-20,40-47,49,51-57H,3-18,21-39H2,1-2H3,(H,50,58)/b20-19-. The maximum Gasteiger partial charge on any atom is 0.249 e. The lowest BCUT2D eigenvalue weighted by Gasteiger charge is -2.40. The molecule has 1 aliphatic rings. The Morgan fingerprint density at radius 2 is 0.967 bits per heavy atom. The van der Waals surface area contributed by atoms with Crippen molar-refractivity contribution in [2.75, 3.05) is 13.2 Å². The summed E-state index contributed by atoms with van der Waals surface area (Å²) in [5, 5.41) is 74.9. The molecule has 1 fully saturated rings. The van der Waals surface area contributed by atoms with Crippen molar-refractivity contribution < 1.29 is 50.0 Å². The number of ether oxygens (including phenoxy) is 2. The van der Waals surface area contributed by atoms with E-state index in [4.69, 9.17) is 9.47 Å². The number of nitrogens with one attached hydrogen (secondary N) is 1. The van der Waals surface area contributed by atoms with Gasteiger partial charge in [-0.15, -0.1) is 0 Å². The molecule has 9 atom stereocenters. The molecular weight excluding hydrogens is 763 g/mol. The molecule has 1 rings (SSSR count). The smallest absolute Gasteiger partial charge is 0.249 e. The van der Waals surface area contributed by atoms with Crippen molar-refractivity contribution >= 4 is 5.91 Å². The van der Waals surface area contributed by atoms with Gasteiger partial charge in [0.05, 0.1) is 25.4 Å². The second kappa shape index (κ2) is 39.4. The average molecular weight is 858 g/mol. The van der Waals surface area contributed by atoms with Crippen LogP contribution in [0.1, 0.15) is 226 Å². The van der Waals surface area contributed by atoms with Crippen LogP contribution in [-0.2, 0) is 14.3 Å². The third-order valence-electron chi connectivity index (χ3n) is 12.3. The van der Waals surface area contributed by atoms with Crippen LogP contribution in [0.3, 0.4) is 0 Å².